The molecular formula is C6H13NOS. The van der Waals surface area contributed by atoms with Crippen LogP contribution >= 0.6 is 11.8 Å². The molecule has 0 atom stereocenters. The molecule has 2 N–H and O–H groups in total. The van der Waals surface area contributed by atoms with E-state index in [1.165, 1.54) is 0 Å². The molecule has 0 saturated heterocycles. The van der Waals surface area contributed by atoms with Crippen molar-refractivity contribution in [3.8, 4) is 0 Å². The van der Waals surface area contributed by atoms with Gasteiger partial charge in [-0.3, -0.25) is 4.79 Å². The molecule has 0 heterocycles. The summed E-state index contributed by atoms with van der Waals surface area (Å²) in [4.78, 5) is 10.2. The zero-order valence-electron chi connectivity index (χ0n) is 6.10. The van der Waals surface area contributed by atoms with E-state index in [-0.39, 0.29) is 10.7 Å². The zero-order chi connectivity index (χ0) is 7.49. The van der Waals surface area contributed by atoms with Crippen molar-refractivity contribution in [3.63, 3.8) is 0 Å². The third kappa shape index (κ3) is 7.82. The average Bonchev–Trinajstić information content (AvgIpc) is 1.59. The molecule has 0 bridgehead atoms. The number of amides is 1. The minimum absolute atomic E-state index is 0.148. The molecule has 0 spiro atoms. The first-order chi connectivity index (χ1) is 3.92. The topological polar surface area (TPSA) is 43.1 Å². The lowest BCUT2D eigenvalue weighted by Crippen LogP contribution is -2.18. The molecule has 0 radical (unpaired) electrons. The van der Waals surface area contributed by atoms with E-state index in [2.05, 4.69) is 20.8 Å². The van der Waals surface area contributed by atoms with Crippen LogP contribution in [0.25, 0.3) is 0 Å². The van der Waals surface area contributed by atoms with Gasteiger partial charge in [-0.15, -0.1) is 11.8 Å². The van der Waals surface area contributed by atoms with Crippen LogP contribution in [0.4, 0.5) is 0 Å². The largest absolute Gasteiger partial charge is 0.369 e. The van der Waals surface area contributed by atoms with Crippen molar-refractivity contribution in [2.24, 2.45) is 5.73 Å². The van der Waals surface area contributed by atoms with Gasteiger partial charge in [-0.05, 0) is 0 Å². The van der Waals surface area contributed by atoms with E-state index < -0.39 is 0 Å². The number of thioether (sulfide) groups is 1. The Hall–Kier alpha value is -0.180. The number of nitrogens with two attached hydrogens (primary N) is 1. The summed E-state index contributed by atoms with van der Waals surface area (Å²) in [7, 11) is 0. The third-order valence-electron chi connectivity index (χ3n) is 0.647. The molecule has 0 unspecified atom stereocenters. The molecule has 0 aromatic carbocycles. The van der Waals surface area contributed by atoms with E-state index in [0.717, 1.165) is 0 Å². The van der Waals surface area contributed by atoms with Crippen LogP contribution in [0, 0.1) is 0 Å². The number of primary amides is 1. The molecule has 9 heavy (non-hydrogen) atoms. The molecular weight excluding hydrogens is 134 g/mol. The second kappa shape index (κ2) is 3.11. The Kier molecular flexibility index (Phi) is 3.04. The van der Waals surface area contributed by atoms with Gasteiger partial charge in [0.15, 0.2) is 0 Å². The summed E-state index contributed by atoms with van der Waals surface area (Å²) in [5, 5.41) is 0. The van der Waals surface area contributed by atoms with Gasteiger partial charge in [0.05, 0.1) is 5.75 Å². The van der Waals surface area contributed by atoms with Crippen LogP contribution < -0.4 is 5.73 Å². The van der Waals surface area contributed by atoms with E-state index in [9.17, 15) is 4.79 Å². The van der Waals surface area contributed by atoms with Crippen LogP contribution in [-0.2, 0) is 4.79 Å². The lowest BCUT2D eigenvalue weighted by atomic mass is 10.3. The van der Waals surface area contributed by atoms with Gasteiger partial charge in [0.1, 0.15) is 0 Å². The minimum Gasteiger partial charge on any atom is -0.369 e. The Bertz CT molecular complexity index is 106. The zero-order valence-corrected chi connectivity index (χ0v) is 6.92. The lowest BCUT2D eigenvalue weighted by Gasteiger charge is -2.15. The fourth-order valence-electron chi connectivity index (χ4n) is 0.288. The minimum atomic E-state index is -0.241. The quantitative estimate of drug-likeness (QED) is 0.633. The molecule has 0 saturated carbocycles. The highest BCUT2D eigenvalue weighted by Gasteiger charge is 2.10. The van der Waals surface area contributed by atoms with E-state index in [1.54, 1.807) is 11.8 Å². The summed E-state index contributed by atoms with van der Waals surface area (Å²) in [6.07, 6.45) is 0. The Morgan fingerprint density at radius 3 is 2.11 bits per heavy atom. The van der Waals surface area contributed by atoms with E-state index in [1.807, 2.05) is 0 Å². The Morgan fingerprint density at radius 1 is 1.56 bits per heavy atom. The summed E-state index contributed by atoms with van der Waals surface area (Å²) in [5.41, 5.74) is 4.94. The van der Waals surface area contributed by atoms with Gasteiger partial charge < -0.3 is 5.73 Å². The van der Waals surface area contributed by atoms with Crippen LogP contribution in [0.2, 0.25) is 0 Å². The predicted octanol–water partition coefficient (Wildman–Crippen LogP) is 1.00. The molecule has 2 nitrogen and oxygen atoms in total. The van der Waals surface area contributed by atoms with Gasteiger partial charge in [0, 0.05) is 4.75 Å². The number of rotatable bonds is 2. The summed E-state index contributed by atoms with van der Waals surface area (Å²) < 4.78 is 0.148. The first-order valence-electron chi connectivity index (χ1n) is 2.84. The second-order valence-electron chi connectivity index (χ2n) is 2.87. The van der Waals surface area contributed by atoms with Crippen LogP contribution in [0.3, 0.4) is 0 Å². The van der Waals surface area contributed by atoms with E-state index in [0.29, 0.717) is 5.75 Å². The summed E-state index contributed by atoms with van der Waals surface area (Å²) in [6.45, 7) is 6.17. The third-order valence-corrected chi connectivity index (χ3v) is 1.94. The predicted molar refractivity (Wildman–Crippen MR) is 41.4 cm³/mol. The normalized spacial score (nSPS) is 11.4. The van der Waals surface area contributed by atoms with Gasteiger partial charge in [0.25, 0.3) is 0 Å². The van der Waals surface area contributed by atoms with Gasteiger partial charge in [-0.1, -0.05) is 20.8 Å². The first kappa shape index (κ1) is 8.82. The van der Waals surface area contributed by atoms with Crippen molar-refractivity contribution in [1.82, 2.24) is 0 Å². The second-order valence-corrected chi connectivity index (χ2v) is 4.67. The Balaban J connectivity index is 3.39. The van der Waals surface area contributed by atoms with E-state index in [4.69, 9.17) is 5.73 Å². The molecule has 1 amide bonds. The van der Waals surface area contributed by atoms with Gasteiger partial charge in [-0.2, -0.15) is 0 Å². The fraction of sp³-hybridized carbons (Fsp3) is 0.833. The van der Waals surface area contributed by atoms with Gasteiger partial charge >= 0.3 is 0 Å². The maximum atomic E-state index is 10.2. The Morgan fingerprint density at radius 2 is 2.00 bits per heavy atom. The van der Waals surface area contributed by atoms with Crippen molar-refractivity contribution in [2.45, 2.75) is 25.5 Å². The highest BCUT2D eigenvalue weighted by Crippen LogP contribution is 2.21. The number of carbonyl (C=O) groups is 1. The maximum Gasteiger partial charge on any atom is 0.227 e. The molecule has 0 aliphatic heterocycles. The average molecular weight is 147 g/mol. The monoisotopic (exact) mass is 147 g/mol. The van der Waals surface area contributed by atoms with Crippen molar-refractivity contribution < 1.29 is 4.79 Å². The maximum absolute atomic E-state index is 10.2. The molecule has 54 valence electrons. The van der Waals surface area contributed by atoms with Crippen molar-refractivity contribution in [2.75, 3.05) is 5.75 Å². The first-order valence-corrected chi connectivity index (χ1v) is 3.82. The molecule has 0 rings (SSSR count). The van der Waals surface area contributed by atoms with Gasteiger partial charge in [-0.25, -0.2) is 0 Å². The van der Waals surface area contributed by atoms with Gasteiger partial charge in [0.2, 0.25) is 5.91 Å². The molecule has 0 aliphatic rings. The summed E-state index contributed by atoms with van der Waals surface area (Å²) >= 11 is 1.57. The Labute approximate surface area is 60.2 Å². The molecule has 0 aliphatic carbocycles. The fourth-order valence-corrected chi connectivity index (χ4v) is 0.863. The smallest absolute Gasteiger partial charge is 0.227 e. The molecule has 3 heteroatoms. The molecule has 0 aromatic rings. The summed E-state index contributed by atoms with van der Waals surface area (Å²) in [5.74, 6) is 0.179. The highest BCUT2D eigenvalue weighted by atomic mass is 32.2. The van der Waals surface area contributed by atoms with E-state index >= 15 is 0 Å². The van der Waals surface area contributed by atoms with Crippen LogP contribution in [0.1, 0.15) is 20.8 Å². The highest BCUT2D eigenvalue weighted by molar-refractivity contribution is 8.01. The molecule has 0 aromatic heterocycles. The SMILES string of the molecule is CC(C)(C)SCC(N)=O. The van der Waals surface area contributed by atoms with Crippen molar-refractivity contribution in [3.05, 3.63) is 0 Å². The van der Waals surface area contributed by atoms with Crippen LogP contribution in [0.5, 0.6) is 0 Å². The number of hydrogen-bond donors (Lipinski definition) is 1. The van der Waals surface area contributed by atoms with Crippen LogP contribution in [0.15, 0.2) is 0 Å². The van der Waals surface area contributed by atoms with Crippen LogP contribution in [-0.4, -0.2) is 16.4 Å². The number of carbonyl (C=O) groups excluding carboxylic acids is 1. The van der Waals surface area contributed by atoms with Crippen molar-refractivity contribution >= 4 is 17.7 Å². The molecule has 0 fully saturated rings. The van der Waals surface area contributed by atoms with Crippen molar-refractivity contribution in [1.29, 1.82) is 0 Å². The standard InChI is InChI=1S/C6H13NOS/c1-6(2,3)9-4-5(7)8/h4H2,1-3H3,(H2,7,8). The lowest BCUT2D eigenvalue weighted by molar-refractivity contribution is -0.115. The number of hydrogen-bond acceptors (Lipinski definition) is 2. The summed E-state index contributed by atoms with van der Waals surface area (Å²) in [6, 6.07) is 0.